The Labute approximate surface area is 191 Å². The molecular weight excluding hydrogens is 430 g/mol. The first-order valence-electron chi connectivity index (χ1n) is 10.4. The van der Waals surface area contributed by atoms with Gasteiger partial charge in [0.2, 0.25) is 0 Å². The summed E-state index contributed by atoms with van der Waals surface area (Å²) in [6.07, 6.45) is 7.64. The topological polar surface area (TPSA) is 29.7 Å². The highest BCUT2D eigenvalue weighted by molar-refractivity contribution is 7.28. The van der Waals surface area contributed by atoms with Crippen molar-refractivity contribution in [3.8, 4) is 0 Å². The Hall–Kier alpha value is -3.54. The first kappa shape index (κ1) is 18.1. The lowest BCUT2D eigenvalue weighted by atomic mass is 10.0. The summed E-state index contributed by atoms with van der Waals surface area (Å²) < 4.78 is 7.54. The molecule has 0 N–H and O–H groups in total. The number of fused-ring (bicyclic) bond motifs is 9. The Morgan fingerprint density at radius 1 is 0.875 bits per heavy atom. The number of aromatic nitrogens is 2. The third-order valence-corrected chi connectivity index (χ3v) is 8.63. The predicted molar refractivity (Wildman–Crippen MR) is 142 cm³/mol. The molecule has 0 fully saturated rings. The number of hydrogen-bond donors (Lipinski definition) is 0. The molecule has 0 atom stereocenters. The van der Waals surface area contributed by atoms with E-state index in [1.165, 1.54) is 56.8 Å². The van der Waals surface area contributed by atoms with Gasteiger partial charge in [-0.05, 0) is 55.6 Å². The van der Waals surface area contributed by atoms with Crippen molar-refractivity contribution < 1.29 is 0 Å². The zero-order valence-electron chi connectivity index (χ0n) is 17.3. The molecule has 7 aromatic rings. The maximum Gasteiger partial charge on any atom is 0.144 e. The van der Waals surface area contributed by atoms with Crippen molar-refractivity contribution in [2.75, 3.05) is 0 Å². The molecule has 0 saturated carbocycles. The molecule has 32 heavy (non-hydrogen) atoms. The van der Waals surface area contributed by atoms with E-state index in [0.29, 0.717) is 0 Å². The minimum Gasteiger partial charge on any atom is -0.299 e. The second-order valence-electron chi connectivity index (χ2n) is 8.07. The SMILES string of the molecule is C=N/C=C\c1c(C)c2cc3sc4cc5sc6ccccc6c5cc4c3cc2n2ccnc12. The summed E-state index contributed by atoms with van der Waals surface area (Å²) in [7, 11) is 0. The molecule has 5 heteroatoms. The van der Waals surface area contributed by atoms with Gasteiger partial charge < -0.3 is 0 Å². The van der Waals surface area contributed by atoms with E-state index in [4.69, 9.17) is 0 Å². The normalized spacial score (nSPS) is 12.5. The summed E-state index contributed by atoms with van der Waals surface area (Å²) in [5, 5.41) is 6.56. The second kappa shape index (κ2) is 6.48. The van der Waals surface area contributed by atoms with E-state index in [2.05, 4.69) is 76.5 Å². The molecule has 0 aliphatic rings. The van der Waals surface area contributed by atoms with Crippen LogP contribution in [0.1, 0.15) is 11.1 Å². The van der Waals surface area contributed by atoms with Crippen LogP contribution < -0.4 is 0 Å². The number of benzene rings is 3. The average molecular weight is 448 g/mol. The number of aliphatic imine (C=N–C) groups is 1. The molecule has 0 amide bonds. The van der Waals surface area contributed by atoms with Crippen LogP contribution in [0.5, 0.6) is 0 Å². The number of nitrogens with zero attached hydrogens (tertiary/aromatic N) is 3. The highest BCUT2D eigenvalue weighted by Crippen LogP contribution is 2.43. The number of aryl methyl sites for hydroxylation is 1. The largest absolute Gasteiger partial charge is 0.299 e. The smallest absolute Gasteiger partial charge is 0.144 e. The van der Waals surface area contributed by atoms with Crippen molar-refractivity contribution in [2.45, 2.75) is 6.92 Å². The molecule has 0 radical (unpaired) electrons. The minimum atomic E-state index is 0.944. The van der Waals surface area contributed by atoms with Gasteiger partial charge in [0, 0.05) is 69.9 Å². The molecule has 0 aliphatic carbocycles. The second-order valence-corrected chi connectivity index (χ2v) is 10.2. The Morgan fingerprint density at radius 3 is 2.50 bits per heavy atom. The Balaban J connectivity index is 1.63. The van der Waals surface area contributed by atoms with Gasteiger partial charge in [-0.2, -0.15) is 0 Å². The van der Waals surface area contributed by atoms with Gasteiger partial charge in [-0.3, -0.25) is 9.39 Å². The van der Waals surface area contributed by atoms with Crippen molar-refractivity contribution >= 4 is 92.4 Å². The van der Waals surface area contributed by atoms with Crippen LogP contribution >= 0.6 is 22.7 Å². The van der Waals surface area contributed by atoms with E-state index >= 15 is 0 Å². The molecule has 0 unspecified atom stereocenters. The molecule has 0 bridgehead atoms. The summed E-state index contributed by atoms with van der Waals surface area (Å²) in [6.45, 7) is 5.74. The standard InChI is InChI=1S/C27H17N3S2/c1-15-16(7-8-28-2)27-29-9-10-30(27)22-12-21-20-11-19-17-5-3-4-6-23(17)31-25(19)14-26(20)32-24(21)13-18(15)22/h3-14H,2H2,1H3/b8-7-. The first-order chi connectivity index (χ1) is 15.7. The maximum atomic E-state index is 4.63. The highest BCUT2D eigenvalue weighted by atomic mass is 32.1. The van der Waals surface area contributed by atoms with Crippen molar-refractivity contribution in [3.63, 3.8) is 0 Å². The van der Waals surface area contributed by atoms with E-state index in [1.54, 1.807) is 6.20 Å². The molecule has 4 aromatic heterocycles. The molecule has 7 rings (SSSR count). The zero-order valence-corrected chi connectivity index (χ0v) is 18.9. The Kier molecular flexibility index (Phi) is 3.66. The number of pyridine rings is 1. The predicted octanol–water partition coefficient (Wildman–Crippen LogP) is 8.20. The van der Waals surface area contributed by atoms with Crippen LogP contribution in [0.4, 0.5) is 0 Å². The van der Waals surface area contributed by atoms with Crippen LogP contribution in [-0.2, 0) is 0 Å². The number of rotatable bonds is 2. The van der Waals surface area contributed by atoms with E-state index in [9.17, 15) is 0 Å². The van der Waals surface area contributed by atoms with Crippen LogP contribution in [-0.4, -0.2) is 16.1 Å². The van der Waals surface area contributed by atoms with Crippen molar-refractivity contribution in [1.82, 2.24) is 9.38 Å². The van der Waals surface area contributed by atoms with Gasteiger partial charge in [-0.15, -0.1) is 22.7 Å². The fourth-order valence-electron chi connectivity index (χ4n) is 4.87. The van der Waals surface area contributed by atoms with Gasteiger partial charge >= 0.3 is 0 Å². The van der Waals surface area contributed by atoms with Crippen molar-refractivity contribution in [2.24, 2.45) is 4.99 Å². The van der Waals surface area contributed by atoms with Crippen LogP contribution in [0.15, 0.2) is 72.1 Å². The van der Waals surface area contributed by atoms with Gasteiger partial charge in [0.1, 0.15) is 5.65 Å². The molecule has 4 heterocycles. The molecule has 3 nitrogen and oxygen atoms in total. The van der Waals surface area contributed by atoms with Crippen molar-refractivity contribution in [3.05, 3.63) is 78.3 Å². The third-order valence-electron chi connectivity index (χ3n) is 6.38. The van der Waals surface area contributed by atoms with E-state index in [1.807, 2.05) is 41.1 Å². The lowest BCUT2D eigenvalue weighted by Gasteiger charge is -2.11. The summed E-state index contributed by atoms with van der Waals surface area (Å²) in [5.74, 6) is 0. The number of imidazole rings is 1. The van der Waals surface area contributed by atoms with Crippen LogP contribution in [0.25, 0.3) is 63.0 Å². The Morgan fingerprint density at radius 2 is 1.62 bits per heavy atom. The first-order valence-corrected chi connectivity index (χ1v) is 12.1. The monoisotopic (exact) mass is 447 g/mol. The van der Waals surface area contributed by atoms with Gasteiger partial charge in [-0.25, -0.2) is 4.98 Å². The summed E-state index contributed by atoms with van der Waals surface area (Å²) in [5.41, 5.74) is 4.42. The van der Waals surface area contributed by atoms with Crippen LogP contribution in [0, 0.1) is 6.92 Å². The van der Waals surface area contributed by atoms with Crippen LogP contribution in [0.2, 0.25) is 0 Å². The highest BCUT2D eigenvalue weighted by Gasteiger charge is 2.15. The molecule has 0 aliphatic heterocycles. The fourth-order valence-corrected chi connectivity index (χ4v) is 7.22. The molecule has 0 saturated heterocycles. The quantitative estimate of drug-likeness (QED) is 0.246. The van der Waals surface area contributed by atoms with Crippen molar-refractivity contribution in [1.29, 1.82) is 0 Å². The van der Waals surface area contributed by atoms with E-state index in [0.717, 1.165) is 11.2 Å². The number of hydrogen-bond acceptors (Lipinski definition) is 4. The van der Waals surface area contributed by atoms with Gasteiger partial charge in [0.05, 0.1) is 5.52 Å². The minimum absolute atomic E-state index is 0.944. The van der Waals surface area contributed by atoms with Gasteiger partial charge in [0.15, 0.2) is 0 Å². The van der Waals surface area contributed by atoms with E-state index in [-0.39, 0.29) is 0 Å². The fraction of sp³-hybridized carbons (Fsp3) is 0.0370. The molecule has 3 aromatic carbocycles. The van der Waals surface area contributed by atoms with Gasteiger partial charge in [0.25, 0.3) is 0 Å². The average Bonchev–Trinajstić information content (AvgIpc) is 3.51. The molecule has 152 valence electrons. The van der Waals surface area contributed by atoms with E-state index < -0.39 is 0 Å². The maximum absolute atomic E-state index is 4.63. The summed E-state index contributed by atoms with van der Waals surface area (Å²) >= 11 is 3.75. The molecular formula is C27H17N3S2. The van der Waals surface area contributed by atoms with Gasteiger partial charge in [-0.1, -0.05) is 18.2 Å². The lowest BCUT2D eigenvalue weighted by molar-refractivity contribution is 1.24. The lowest BCUT2D eigenvalue weighted by Crippen LogP contribution is -1.95. The zero-order chi connectivity index (χ0) is 21.4. The summed E-state index contributed by atoms with van der Waals surface area (Å²) in [4.78, 5) is 8.54. The molecule has 0 spiro atoms. The summed E-state index contributed by atoms with van der Waals surface area (Å²) in [6, 6.07) is 18.1. The number of thiophene rings is 2. The van der Waals surface area contributed by atoms with Crippen LogP contribution in [0.3, 0.4) is 0 Å². The Bertz CT molecular complexity index is 1910. The third kappa shape index (κ3) is 2.35.